The van der Waals surface area contributed by atoms with Crippen LogP contribution in [0.4, 0.5) is 4.39 Å². The van der Waals surface area contributed by atoms with Gasteiger partial charge < -0.3 is 14.6 Å². The maximum absolute atomic E-state index is 14.1. The predicted molar refractivity (Wildman–Crippen MR) is 86.0 cm³/mol. The summed E-state index contributed by atoms with van der Waals surface area (Å²) in [5.74, 6) is -0.764. The summed E-state index contributed by atoms with van der Waals surface area (Å²) in [4.78, 5) is 25.9. The van der Waals surface area contributed by atoms with Crippen molar-refractivity contribution in [1.29, 1.82) is 0 Å². The van der Waals surface area contributed by atoms with Crippen molar-refractivity contribution in [3.8, 4) is 0 Å². The van der Waals surface area contributed by atoms with Crippen molar-refractivity contribution in [2.45, 2.75) is 62.6 Å². The van der Waals surface area contributed by atoms with Crippen molar-refractivity contribution < 1.29 is 19.0 Å². The van der Waals surface area contributed by atoms with E-state index in [0.29, 0.717) is 0 Å². The Labute approximate surface area is 143 Å². The number of ether oxygens (including phenoxy) is 2. The number of alkyl halides is 1. The standard InChI is InChI=1S/C17H23FN2O5/c1-15-11(20-7-4-12(22)19-14(20)23)8-16(9-18,10-21)13(15)24-17(25-15)5-2-3-6-17/h4,7,11,13,21H,2-3,5-6,8-10H2,1H3,(H,19,22,23)/t11-,13+,15+,16+/m1/s1. The van der Waals surface area contributed by atoms with Crippen molar-refractivity contribution in [3.63, 3.8) is 0 Å². The fourth-order valence-corrected chi connectivity index (χ4v) is 4.98. The summed E-state index contributed by atoms with van der Waals surface area (Å²) in [6.45, 7) is 0.662. The fraction of sp³-hybridized carbons (Fsp3) is 0.765. The number of fused-ring (bicyclic) bond motifs is 1. The molecule has 138 valence electrons. The minimum atomic E-state index is -1.12. The van der Waals surface area contributed by atoms with E-state index in [1.54, 1.807) is 0 Å². The van der Waals surface area contributed by atoms with Crippen LogP contribution >= 0.6 is 0 Å². The van der Waals surface area contributed by atoms with Gasteiger partial charge in [0.15, 0.2) is 5.79 Å². The third kappa shape index (κ3) is 2.27. The molecule has 4 rings (SSSR count). The van der Waals surface area contributed by atoms with E-state index in [2.05, 4.69) is 4.98 Å². The second-order valence-electron chi connectivity index (χ2n) is 7.79. The summed E-state index contributed by atoms with van der Waals surface area (Å²) >= 11 is 0. The second kappa shape index (κ2) is 5.49. The zero-order valence-electron chi connectivity index (χ0n) is 14.2. The first-order valence-electron chi connectivity index (χ1n) is 8.74. The molecular weight excluding hydrogens is 331 g/mol. The maximum Gasteiger partial charge on any atom is 0.328 e. The van der Waals surface area contributed by atoms with Crippen LogP contribution in [0.25, 0.3) is 0 Å². The smallest absolute Gasteiger partial charge is 0.328 e. The molecule has 2 N–H and O–H groups in total. The molecule has 1 aromatic heterocycles. The Balaban J connectivity index is 1.82. The summed E-state index contributed by atoms with van der Waals surface area (Å²) in [5, 5.41) is 9.97. The van der Waals surface area contributed by atoms with Crippen LogP contribution in [0, 0.1) is 5.41 Å². The van der Waals surface area contributed by atoms with Crippen molar-refractivity contribution in [2.24, 2.45) is 5.41 Å². The van der Waals surface area contributed by atoms with Gasteiger partial charge in [-0.05, 0) is 26.2 Å². The lowest BCUT2D eigenvalue weighted by Crippen LogP contribution is -2.47. The molecule has 0 aromatic carbocycles. The zero-order chi connectivity index (χ0) is 17.9. The van der Waals surface area contributed by atoms with E-state index in [4.69, 9.17) is 9.47 Å². The molecule has 0 amide bonds. The summed E-state index contributed by atoms with van der Waals surface area (Å²) < 4.78 is 28.0. The molecule has 1 aromatic rings. The molecule has 8 heteroatoms. The molecule has 1 saturated heterocycles. The van der Waals surface area contributed by atoms with Gasteiger partial charge in [-0.15, -0.1) is 0 Å². The molecule has 3 aliphatic rings. The van der Waals surface area contributed by atoms with Crippen LogP contribution in [0.15, 0.2) is 21.9 Å². The number of nitrogens with zero attached hydrogens (tertiary/aromatic N) is 1. The van der Waals surface area contributed by atoms with Gasteiger partial charge >= 0.3 is 5.69 Å². The molecule has 7 nitrogen and oxygen atoms in total. The molecule has 25 heavy (non-hydrogen) atoms. The van der Waals surface area contributed by atoms with E-state index in [-0.39, 0.29) is 6.42 Å². The van der Waals surface area contributed by atoms with E-state index in [1.807, 2.05) is 6.92 Å². The van der Waals surface area contributed by atoms with Crippen molar-refractivity contribution in [3.05, 3.63) is 33.1 Å². The average molecular weight is 354 g/mol. The highest BCUT2D eigenvalue weighted by Gasteiger charge is 2.70. The van der Waals surface area contributed by atoms with Crippen molar-refractivity contribution >= 4 is 0 Å². The maximum atomic E-state index is 14.1. The Hall–Kier alpha value is -1.51. The number of rotatable bonds is 3. The largest absolute Gasteiger partial charge is 0.396 e. The van der Waals surface area contributed by atoms with E-state index < -0.39 is 53.5 Å². The Morgan fingerprint density at radius 2 is 2.12 bits per heavy atom. The number of aromatic nitrogens is 2. The van der Waals surface area contributed by atoms with Crippen LogP contribution in [0.1, 0.15) is 45.1 Å². The van der Waals surface area contributed by atoms with Crippen LogP contribution in [0.3, 0.4) is 0 Å². The third-order valence-corrected chi connectivity index (χ3v) is 6.21. The molecule has 2 heterocycles. The van der Waals surface area contributed by atoms with Crippen LogP contribution in [0.2, 0.25) is 0 Å². The number of aliphatic hydroxyl groups excluding tert-OH is 1. The molecule has 1 aliphatic heterocycles. The molecule has 0 bridgehead atoms. The summed E-state index contributed by atoms with van der Waals surface area (Å²) in [6.07, 6.45) is 4.32. The SMILES string of the molecule is C[C@@]12OC3(CCCC3)O[C@@H]1[C@](CO)(CF)C[C@H]2n1ccc(=O)[nH]c1=O. The predicted octanol–water partition coefficient (Wildman–Crippen LogP) is 0.874. The Bertz CT molecular complexity index is 780. The molecule has 2 saturated carbocycles. The number of hydrogen-bond acceptors (Lipinski definition) is 5. The van der Waals surface area contributed by atoms with Gasteiger partial charge in [0.2, 0.25) is 0 Å². The van der Waals surface area contributed by atoms with Gasteiger partial charge in [-0.25, -0.2) is 4.79 Å². The van der Waals surface area contributed by atoms with E-state index in [0.717, 1.165) is 25.7 Å². The van der Waals surface area contributed by atoms with Crippen LogP contribution in [-0.2, 0) is 9.47 Å². The minimum absolute atomic E-state index is 0.198. The van der Waals surface area contributed by atoms with Crippen molar-refractivity contribution in [1.82, 2.24) is 9.55 Å². The number of hydrogen-bond donors (Lipinski definition) is 2. The quantitative estimate of drug-likeness (QED) is 0.840. The lowest BCUT2D eigenvalue weighted by atomic mass is 9.84. The highest BCUT2D eigenvalue weighted by molar-refractivity contribution is 5.17. The highest BCUT2D eigenvalue weighted by atomic mass is 19.1. The lowest BCUT2D eigenvalue weighted by Gasteiger charge is -2.32. The average Bonchev–Trinajstić information content (AvgIpc) is 3.21. The Kier molecular flexibility index (Phi) is 3.72. The molecule has 4 atom stereocenters. The first-order valence-corrected chi connectivity index (χ1v) is 8.74. The van der Waals surface area contributed by atoms with Gasteiger partial charge in [-0.3, -0.25) is 18.7 Å². The third-order valence-electron chi connectivity index (χ3n) is 6.21. The first kappa shape index (κ1) is 16.9. The Morgan fingerprint density at radius 1 is 1.40 bits per heavy atom. The molecule has 2 aliphatic carbocycles. The van der Waals surface area contributed by atoms with Gasteiger partial charge in [-0.2, -0.15) is 0 Å². The van der Waals surface area contributed by atoms with Crippen LogP contribution in [0.5, 0.6) is 0 Å². The Morgan fingerprint density at radius 3 is 2.72 bits per heavy atom. The van der Waals surface area contributed by atoms with E-state index in [9.17, 15) is 19.1 Å². The molecule has 3 fully saturated rings. The fourth-order valence-electron chi connectivity index (χ4n) is 4.98. The van der Waals surface area contributed by atoms with Gasteiger partial charge in [-0.1, -0.05) is 0 Å². The number of aromatic amines is 1. The summed E-state index contributed by atoms with van der Waals surface area (Å²) in [7, 11) is 0. The van der Waals surface area contributed by atoms with Crippen LogP contribution < -0.4 is 11.2 Å². The monoisotopic (exact) mass is 354 g/mol. The van der Waals surface area contributed by atoms with Gasteiger partial charge in [0, 0.05) is 25.1 Å². The second-order valence-corrected chi connectivity index (χ2v) is 7.79. The van der Waals surface area contributed by atoms with Gasteiger partial charge in [0.1, 0.15) is 11.7 Å². The molecule has 0 unspecified atom stereocenters. The number of nitrogens with one attached hydrogen (secondary N) is 1. The normalized spacial score (nSPS) is 39.2. The summed E-state index contributed by atoms with van der Waals surface area (Å²) in [5.41, 5.74) is -3.14. The first-order chi connectivity index (χ1) is 11.9. The van der Waals surface area contributed by atoms with Gasteiger partial charge in [0.05, 0.1) is 24.7 Å². The zero-order valence-corrected chi connectivity index (χ0v) is 14.2. The number of halogens is 1. The van der Waals surface area contributed by atoms with E-state index in [1.165, 1.54) is 16.8 Å². The van der Waals surface area contributed by atoms with E-state index >= 15 is 0 Å². The number of aliphatic hydroxyl groups is 1. The lowest BCUT2D eigenvalue weighted by molar-refractivity contribution is -0.203. The molecule has 1 spiro atoms. The summed E-state index contributed by atoms with van der Waals surface area (Å²) in [6, 6.07) is 0.722. The number of H-pyrrole nitrogens is 1. The van der Waals surface area contributed by atoms with Gasteiger partial charge in [0.25, 0.3) is 5.56 Å². The van der Waals surface area contributed by atoms with Crippen molar-refractivity contribution in [2.75, 3.05) is 13.3 Å². The molecular formula is C17H23FN2O5. The topological polar surface area (TPSA) is 93.5 Å². The van der Waals surface area contributed by atoms with Crippen LogP contribution in [-0.4, -0.2) is 45.4 Å². The minimum Gasteiger partial charge on any atom is -0.396 e. The molecule has 0 radical (unpaired) electrons. The highest BCUT2D eigenvalue weighted by Crippen LogP contribution is 2.61.